The van der Waals surface area contributed by atoms with Gasteiger partial charge in [0.2, 0.25) is 0 Å². The molecule has 0 saturated carbocycles. The zero-order chi connectivity index (χ0) is 20.0. The molecule has 0 aliphatic heterocycles. The van der Waals surface area contributed by atoms with Crippen molar-refractivity contribution < 1.29 is 19.4 Å². The molecule has 1 atom stereocenters. The zero-order valence-corrected chi connectivity index (χ0v) is 16.2. The number of carbonyl (C=O) groups is 2. The average Bonchev–Trinajstić information content (AvgIpc) is 2.60. The summed E-state index contributed by atoms with van der Waals surface area (Å²) in [5.41, 5.74) is 1.78. The predicted octanol–water partition coefficient (Wildman–Crippen LogP) is 4.21. The minimum absolute atomic E-state index is 0.322. The first-order valence-electron chi connectivity index (χ1n) is 8.85. The molecule has 0 saturated heterocycles. The number of carboxylic acid groups (broad SMARTS) is 1. The first-order chi connectivity index (χ1) is 12.7. The van der Waals surface area contributed by atoms with Gasteiger partial charge in [-0.15, -0.1) is 0 Å². The highest BCUT2D eigenvalue weighted by Gasteiger charge is 2.23. The summed E-state index contributed by atoms with van der Waals surface area (Å²) in [6.45, 7) is 7.78. The van der Waals surface area contributed by atoms with Crippen LogP contribution in [0.15, 0.2) is 48.7 Å². The number of nitrogens with zero attached hydrogens (tertiary/aromatic N) is 2. The van der Waals surface area contributed by atoms with Crippen LogP contribution in [-0.2, 0) is 22.6 Å². The zero-order valence-electron chi connectivity index (χ0n) is 16.2. The maximum absolute atomic E-state index is 12.6. The van der Waals surface area contributed by atoms with Crippen LogP contribution >= 0.6 is 0 Å². The Morgan fingerprint density at radius 2 is 1.78 bits per heavy atom. The Labute approximate surface area is 159 Å². The van der Waals surface area contributed by atoms with Crippen molar-refractivity contribution in [2.24, 2.45) is 0 Å². The minimum atomic E-state index is -0.867. The highest BCUT2D eigenvalue weighted by Crippen LogP contribution is 2.19. The second-order valence-corrected chi connectivity index (χ2v) is 7.46. The lowest BCUT2D eigenvalue weighted by molar-refractivity contribution is -0.138. The van der Waals surface area contributed by atoms with Crippen molar-refractivity contribution in [3.63, 3.8) is 0 Å². The number of aromatic nitrogens is 1. The standard InChI is InChI=1S/C21H26N2O4/c1-15(19(24)25)17-10-8-16(9-11-17)13-23(20(26)27-21(2,3)4)14-18-7-5-6-12-22-18/h5-12,15H,13-14H2,1-4H3,(H,24,25). The van der Waals surface area contributed by atoms with Crippen molar-refractivity contribution in [2.45, 2.75) is 52.3 Å². The molecule has 27 heavy (non-hydrogen) atoms. The van der Waals surface area contributed by atoms with Crippen LogP contribution in [0.4, 0.5) is 4.79 Å². The molecule has 1 aromatic heterocycles. The van der Waals surface area contributed by atoms with E-state index in [0.29, 0.717) is 13.1 Å². The maximum atomic E-state index is 12.6. The SMILES string of the molecule is CC(C(=O)O)c1ccc(CN(Cc2ccccn2)C(=O)OC(C)(C)C)cc1. The molecule has 6 nitrogen and oxygen atoms in total. The van der Waals surface area contributed by atoms with Crippen molar-refractivity contribution in [3.8, 4) is 0 Å². The first-order valence-corrected chi connectivity index (χ1v) is 8.85. The van der Waals surface area contributed by atoms with E-state index in [4.69, 9.17) is 9.84 Å². The third-order valence-corrected chi connectivity index (χ3v) is 3.95. The summed E-state index contributed by atoms with van der Waals surface area (Å²) in [6, 6.07) is 12.8. The van der Waals surface area contributed by atoms with Crippen molar-refractivity contribution in [2.75, 3.05) is 0 Å². The molecule has 1 amide bonds. The number of hydrogen-bond donors (Lipinski definition) is 1. The molecule has 0 aliphatic rings. The summed E-state index contributed by atoms with van der Waals surface area (Å²) < 4.78 is 5.52. The number of pyridine rings is 1. The van der Waals surface area contributed by atoms with Gasteiger partial charge in [0, 0.05) is 12.7 Å². The van der Waals surface area contributed by atoms with Crippen molar-refractivity contribution in [1.82, 2.24) is 9.88 Å². The van der Waals surface area contributed by atoms with E-state index in [1.54, 1.807) is 30.2 Å². The molecule has 1 aromatic carbocycles. The second kappa shape index (κ2) is 8.66. The highest BCUT2D eigenvalue weighted by atomic mass is 16.6. The Bertz CT molecular complexity index is 767. The van der Waals surface area contributed by atoms with E-state index < -0.39 is 23.6 Å². The lowest BCUT2D eigenvalue weighted by Gasteiger charge is -2.27. The van der Waals surface area contributed by atoms with E-state index in [1.807, 2.05) is 51.1 Å². The van der Waals surface area contributed by atoms with Gasteiger partial charge in [-0.25, -0.2) is 4.79 Å². The summed E-state index contributed by atoms with van der Waals surface area (Å²) in [5.74, 6) is -1.44. The van der Waals surface area contributed by atoms with Crippen LogP contribution < -0.4 is 0 Å². The smallest absolute Gasteiger partial charge is 0.410 e. The number of benzene rings is 1. The third-order valence-electron chi connectivity index (χ3n) is 3.95. The number of carboxylic acids is 1. The molecule has 1 heterocycles. The predicted molar refractivity (Wildman–Crippen MR) is 102 cm³/mol. The summed E-state index contributed by atoms with van der Waals surface area (Å²) in [5, 5.41) is 9.12. The van der Waals surface area contributed by atoms with Gasteiger partial charge in [-0.05, 0) is 51.0 Å². The summed E-state index contributed by atoms with van der Waals surface area (Å²) >= 11 is 0. The molecule has 0 aliphatic carbocycles. The van der Waals surface area contributed by atoms with E-state index in [0.717, 1.165) is 16.8 Å². The Morgan fingerprint density at radius 1 is 1.11 bits per heavy atom. The van der Waals surface area contributed by atoms with E-state index in [1.165, 1.54) is 0 Å². The number of amides is 1. The molecule has 6 heteroatoms. The van der Waals surface area contributed by atoms with Gasteiger partial charge < -0.3 is 9.84 Å². The minimum Gasteiger partial charge on any atom is -0.481 e. The highest BCUT2D eigenvalue weighted by molar-refractivity contribution is 5.75. The number of carbonyl (C=O) groups excluding carboxylic acids is 1. The number of rotatable bonds is 6. The van der Waals surface area contributed by atoms with Gasteiger partial charge in [-0.1, -0.05) is 30.3 Å². The van der Waals surface area contributed by atoms with E-state index in [-0.39, 0.29) is 0 Å². The second-order valence-electron chi connectivity index (χ2n) is 7.46. The monoisotopic (exact) mass is 370 g/mol. The Balaban J connectivity index is 2.17. The quantitative estimate of drug-likeness (QED) is 0.824. The molecule has 0 fully saturated rings. The molecule has 0 spiro atoms. The summed E-state index contributed by atoms with van der Waals surface area (Å²) in [4.78, 5) is 29.6. The maximum Gasteiger partial charge on any atom is 0.410 e. The molecular formula is C21H26N2O4. The molecule has 2 rings (SSSR count). The lowest BCUT2D eigenvalue weighted by atomic mass is 10.00. The fourth-order valence-electron chi connectivity index (χ4n) is 2.47. The topological polar surface area (TPSA) is 79.7 Å². The van der Waals surface area contributed by atoms with Crippen molar-refractivity contribution in [1.29, 1.82) is 0 Å². The Hall–Kier alpha value is -2.89. The lowest BCUT2D eigenvalue weighted by Crippen LogP contribution is -2.36. The van der Waals surface area contributed by atoms with E-state index in [9.17, 15) is 9.59 Å². The van der Waals surface area contributed by atoms with Crippen molar-refractivity contribution >= 4 is 12.1 Å². The first kappa shape index (κ1) is 20.4. The van der Waals surface area contributed by atoms with Gasteiger partial charge in [0.1, 0.15) is 5.60 Å². The fourth-order valence-corrected chi connectivity index (χ4v) is 2.47. The normalized spacial score (nSPS) is 12.3. The molecule has 144 valence electrons. The molecule has 0 radical (unpaired) electrons. The molecule has 2 aromatic rings. The van der Waals surface area contributed by atoms with E-state index >= 15 is 0 Å². The van der Waals surface area contributed by atoms with Gasteiger partial charge >= 0.3 is 12.1 Å². The van der Waals surface area contributed by atoms with Gasteiger partial charge in [0.05, 0.1) is 18.2 Å². The van der Waals surface area contributed by atoms with Crippen LogP contribution in [0.25, 0.3) is 0 Å². The van der Waals surface area contributed by atoms with Gasteiger partial charge in [0.15, 0.2) is 0 Å². The molecule has 1 N–H and O–H groups in total. The summed E-state index contributed by atoms with van der Waals surface area (Å²) in [6.07, 6.45) is 1.26. The van der Waals surface area contributed by atoms with Gasteiger partial charge in [-0.3, -0.25) is 14.7 Å². The fraction of sp³-hybridized carbons (Fsp3) is 0.381. The Morgan fingerprint density at radius 3 is 2.30 bits per heavy atom. The Kier molecular flexibility index (Phi) is 6.55. The largest absolute Gasteiger partial charge is 0.481 e. The number of aliphatic carboxylic acids is 1. The van der Waals surface area contributed by atoms with Crippen molar-refractivity contribution in [3.05, 3.63) is 65.5 Å². The summed E-state index contributed by atoms with van der Waals surface area (Å²) in [7, 11) is 0. The van der Waals surface area contributed by atoms with Crippen LogP contribution in [0.3, 0.4) is 0 Å². The van der Waals surface area contributed by atoms with Gasteiger partial charge in [-0.2, -0.15) is 0 Å². The number of ether oxygens (including phenoxy) is 1. The molecular weight excluding hydrogens is 344 g/mol. The van der Waals surface area contributed by atoms with E-state index in [2.05, 4.69) is 4.98 Å². The van der Waals surface area contributed by atoms with Crippen LogP contribution in [0, 0.1) is 0 Å². The van der Waals surface area contributed by atoms with Crippen LogP contribution in [0.1, 0.15) is 50.4 Å². The van der Waals surface area contributed by atoms with Gasteiger partial charge in [0.25, 0.3) is 0 Å². The van der Waals surface area contributed by atoms with Crippen LogP contribution in [0.2, 0.25) is 0 Å². The molecule has 1 unspecified atom stereocenters. The third kappa shape index (κ3) is 6.40. The number of hydrogen-bond acceptors (Lipinski definition) is 4. The van der Waals surface area contributed by atoms with Crippen LogP contribution in [0.5, 0.6) is 0 Å². The molecule has 0 bridgehead atoms. The van der Waals surface area contributed by atoms with Crippen LogP contribution in [-0.4, -0.2) is 32.7 Å². The average molecular weight is 370 g/mol.